The lowest BCUT2D eigenvalue weighted by atomic mass is 9.42. The first kappa shape index (κ1) is 15.8. The van der Waals surface area contributed by atoms with Crippen LogP contribution in [0.15, 0.2) is 24.5 Å². The van der Waals surface area contributed by atoms with Crippen LogP contribution in [0.25, 0.3) is 0 Å². The van der Waals surface area contributed by atoms with Crippen molar-refractivity contribution in [3.63, 3.8) is 0 Å². The van der Waals surface area contributed by atoms with Gasteiger partial charge in [0, 0.05) is 17.4 Å². The molecule has 2 nitrogen and oxygen atoms in total. The van der Waals surface area contributed by atoms with Gasteiger partial charge in [-0.15, -0.1) is 6.58 Å². The second-order valence-electron chi connectivity index (χ2n) is 8.78. The summed E-state index contributed by atoms with van der Waals surface area (Å²) in [5.74, 6) is 1.40. The van der Waals surface area contributed by atoms with Crippen LogP contribution in [0.5, 0.6) is 0 Å². The van der Waals surface area contributed by atoms with Crippen LogP contribution in [-0.4, -0.2) is 10.9 Å². The fourth-order valence-electron chi connectivity index (χ4n) is 6.03. The summed E-state index contributed by atoms with van der Waals surface area (Å²) in [6.07, 6.45) is 10.7. The third kappa shape index (κ3) is 2.02. The Hall–Kier alpha value is -1.05. The first-order valence-electron chi connectivity index (χ1n) is 8.81. The average Bonchev–Trinajstić information content (AvgIpc) is 2.48. The van der Waals surface area contributed by atoms with E-state index < -0.39 is 0 Å². The molecule has 5 atom stereocenters. The summed E-state index contributed by atoms with van der Waals surface area (Å²) in [6, 6.07) is 0. The molecule has 3 aliphatic carbocycles. The van der Waals surface area contributed by atoms with Gasteiger partial charge in [0.25, 0.3) is 0 Å². The normalized spacial score (nSPS) is 50.3. The quantitative estimate of drug-likeness (QED) is 0.410. The van der Waals surface area contributed by atoms with Crippen LogP contribution in [-0.2, 0) is 4.79 Å². The molecule has 0 aromatic heterocycles. The van der Waals surface area contributed by atoms with Gasteiger partial charge in [0.15, 0.2) is 5.78 Å². The van der Waals surface area contributed by atoms with Crippen molar-refractivity contribution in [3.05, 3.63) is 24.5 Å². The molecule has 0 aliphatic heterocycles. The van der Waals surface area contributed by atoms with Crippen LogP contribution in [0.2, 0.25) is 0 Å². The molecule has 3 saturated carbocycles. The number of aliphatic hydroxyl groups is 1. The summed E-state index contributed by atoms with van der Waals surface area (Å²) in [5.41, 5.74) is 1.14. The van der Waals surface area contributed by atoms with E-state index in [2.05, 4.69) is 33.4 Å². The molecule has 0 heterocycles. The summed E-state index contributed by atoms with van der Waals surface area (Å²) >= 11 is 0. The Labute approximate surface area is 134 Å². The molecular formula is C20H30O2. The van der Waals surface area contributed by atoms with Gasteiger partial charge in [0.2, 0.25) is 0 Å². The van der Waals surface area contributed by atoms with Gasteiger partial charge < -0.3 is 5.11 Å². The average molecular weight is 302 g/mol. The summed E-state index contributed by atoms with van der Waals surface area (Å²) in [7, 11) is 0. The molecule has 0 spiro atoms. The van der Waals surface area contributed by atoms with E-state index in [0.717, 1.165) is 31.4 Å². The minimum atomic E-state index is -0.128. The van der Waals surface area contributed by atoms with Crippen molar-refractivity contribution in [2.75, 3.05) is 0 Å². The van der Waals surface area contributed by atoms with Gasteiger partial charge in [0.05, 0.1) is 6.26 Å². The van der Waals surface area contributed by atoms with Crippen molar-refractivity contribution in [2.24, 2.45) is 28.1 Å². The van der Waals surface area contributed by atoms with Gasteiger partial charge >= 0.3 is 0 Å². The lowest BCUT2D eigenvalue weighted by Crippen LogP contribution is -2.55. The molecule has 3 rings (SSSR count). The second-order valence-corrected chi connectivity index (χ2v) is 8.78. The molecule has 0 aromatic carbocycles. The Morgan fingerprint density at radius 3 is 2.55 bits per heavy atom. The molecule has 122 valence electrons. The van der Waals surface area contributed by atoms with E-state index in [1.54, 1.807) is 0 Å². The van der Waals surface area contributed by atoms with Gasteiger partial charge in [-0.25, -0.2) is 0 Å². The molecule has 0 saturated heterocycles. The lowest BCUT2D eigenvalue weighted by molar-refractivity contribution is -0.131. The first-order chi connectivity index (χ1) is 10.3. The van der Waals surface area contributed by atoms with Crippen molar-refractivity contribution in [2.45, 2.75) is 65.7 Å². The zero-order valence-corrected chi connectivity index (χ0v) is 14.3. The number of aliphatic hydroxyl groups excluding tert-OH is 1. The summed E-state index contributed by atoms with van der Waals surface area (Å²) in [5, 5.41) is 9.67. The van der Waals surface area contributed by atoms with Crippen LogP contribution in [0.1, 0.15) is 65.7 Å². The standard InChI is InChI=1S/C20H30O2/c1-5-18(2)10-11-19(3)14(12-18)8-9-20(4)15(13-21)16(22)6-7-17(19)20/h5,13-14,17,21H,1,6-12H2,2-4H3/b15-13+/t14-,17+,18-,19-,20+/m0/s1. The van der Waals surface area contributed by atoms with E-state index in [1.165, 1.54) is 19.3 Å². The number of ketones is 1. The van der Waals surface area contributed by atoms with E-state index in [4.69, 9.17) is 0 Å². The highest BCUT2D eigenvalue weighted by Crippen LogP contribution is 2.66. The molecular weight excluding hydrogens is 272 g/mol. The smallest absolute Gasteiger partial charge is 0.162 e. The van der Waals surface area contributed by atoms with E-state index in [1.807, 2.05) is 0 Å². The minimum Gasteiger partial charge on any atom is -0.515 e. The number of allylic oxidation sites excluding steroid dienone is 2. The number of carbonyl (C=O) groups excluding carboxylic acids is 1. The molecule has 1 N–H and O–H groups in total. The van der Waals surface area contributed by atoms with Gasteiger partial charge in [-0.1, -0.05) is 26.8 Å². The molecule has 0 radical (unpaired) electrons. The highest BCUT2D eigenvalue weighted by Gasteiger charge is 2.59. The summed E-state index contributed by atoms with van der Waals surface area (Å²) < 4.78 is 0. The molecule has 0 unspecified atom stereocenters. The Morgan fingerprint density at radius 2 is 1.91 bits per heavy atom. The maximum atomic E-state index is 12.3. The maximum Gasteiger partial charge on any atom is 0.162 e. The molecule has 22 heavy (non-hydrogen) atoms. The molecule has 3 aliphatic rings. The highest BCUT2D eigenvalue weighted by atomic mass is 16.2. The van der Waals surface area contributed by atoms with Crippen molar-refractivity contribution in [1.82, 2.24) is 0 Å². The second kappa shape index (κ2) is 4.97. The summed E-state index contributed by atoms with van der Waals surface area (Å²) in [4.78, 5) is 12.3. The minimum absolute atomic E-state index is 0.128. The Morgan fingerprint density at radius 1 is 1.18 bits per heavy atom. The Kier molecular flexibility index (Phi) is 3.58. The number of hydrogen-bond acceptors (Lipinski definition) is 2. The fraction of sp³-hybridized carbons (Fsp3) is 0.750. The van der Waals surface area contributed by atoms with Crippen LogP contribution in [0.3, 0.4) is 0 Å². The van der Waals surface area contributed by atoms with Crippen LogP contribution < -0.4 is 0 Å². The van der Waals surface area contributed by atoms with Gasteiger partial charge in [-0.2, -0.15) is 0 Å². The van der Waals surface area contributed by atoms with Gasteiger partial charge in [-0.05, 0) is 61.2 Å². The summed E-state index contributed by atoms with van der Waals surface area (Å²) in [6.45, 7) is 11.1. The van der Waals surface area contributed by atoms with E-state index in [9.17, 15) is 9.90 Å². The monoisotopic (exact) mass is 302 g/mol. The predicted molar refractivity (Wildman–Crippen MR) is 89.5 cm³/mol. The number of hydrogen-bond donors (Lipinski definition) is 1. The Bertz CT molecular complexity index is 534. The van der Waals surface area contributed by atoms with Crippen molar-refractivity contribution in [1.29, 1.82) is 0 Å². The largest absolute Gasteiger partial charge is 0.515 e. The fourth-order valence-corrected chi connectivity index (χ4v) is 6.03. The first-order valence-corrected chi connectivity index (χ1v) is 8.81. The molecule has 0 aromatic rings. The SMILES string of the molecule is C=C[C@@]1(C)CC[C@@]2(C)[C@@H](CC[C@]3(C)/C(=C/O)C(=O)CC[C@H]23)C1. The zero-order valence-electron chi connectivity index (χ0n) is 14.3. The van der Waals surface area contributed by atoms with Crippen molar-refractivity contribution < 1.29 is 9.90 Å². The van der Waals surface area contributed by atoms with Crippen LogP contribution in [0, 0.1) is 28.1 Å². The van der Waals surface area contributed by atoms with Gasteiger partial charge in [0.1, 0.15) is 0 Å². The molecule has 2 heteroatoms. The number of rotatable bonds is 1. The van der Waals surface area contributed by atoms with E-state index in [0.29, 0.717) is 23.3 Å². The number of fused-ring (bicyclic) bond motifs is 3. The van der Waals surface area contributed by atoms with Crippen LogP contribution >= 0.6 is 0 Å². The van der Waals surface area contributed by atoms with Crippen molar-refractivity contribution in [3.8, 4) is 0 Å². The molecule has 0 amide bonds. The highest BCUT2D eigenvalue weighted by molar-refractivity contribution is 5.97. The van der Waals surface area contributed by atoms with Crippen molar-refractivity contribution >= 4 is 5.78 Å². The number of Topliss-reactive ketones (excluding diaryl/α,β-unsaturated/α-hetero) is 1. The van der Waals surface area contributed by atoms with Gasteiger partial charge in [-0.3, -0.25) is 4.79 Å². The molecule has 3 fully saturated rings. The lowest BCUT2D eigenvalue weighted by Gasteiger charge is -2.62. The topological polar surface area (TPSA) is 37.3 Å². The van der Waals surface area contributed by atoms with E-state index >= 15 is 0 Å². The third-order valence-electron chi connectivity index (χ3n) is 7.66. The number of carbonyl (C=O) groups is 1. The maximum absolute atomic E-state index is 12.3. The van der Waals surface area contributed by atoms with Crippen LogP contribution in [0.4, 0.5) is 0 Å². The predicted octanol–water partition coefficient (Wildman–Crippen LogP) is 5.21. The third-order valence-corrected chi connectivity index (χ3v) is 7.66. The molecule has 0 bridgehead atoms. The Balaban J connectivity index is 1.97. The zero-order chi connectivity index (χ0) is 16.2. The van der Waals surface area contributed by atoms with E-state index in [-0.39, 0.29) is 16.6 Å².